The minimum Gasteiger partial charge on any atom is -0.426 e. The van der Waals surface area contributed by atoms with E-state index < -0.39 is 5.97 Å². The smallest absolute Gasteiger partial charge is 0.325 e. The molecule has 1 aromatic carbocycles. The summed E-state index contributed by atoms with van der Waals surface area (Å²) in [5, 5.41) is 0. The maximum absolute atomic E-state index is 10.8. The lowest BCUT2D eigenvalue weighted by Crippen LogP contribution is -2.19. The average molecular weight is 179 g/mol. The third kappa shape index (κ3) is 2.87. The summed E-state index contributed by atoms with van der Waals surface area (Å²) in [5.74, 6) is 0.156. The standard InChI is InChI=1S/C10H13NO2/c1-2-8-4-3-5-9(6-8)13-10(12)7-11/h3-6H,2,7,11H2,1H3. The van der Waals surface area contributed by atoms with Gasteiger partial charge in [0.1, 0.15) is 5.75 Å². The molecular weight excluding hydrogens is 166 g/mol. The van der Waals surface area contributed by atoms with Crippen molar-refractivity contribution in [2.24, 2.45) is 5.73 Å². The Bertz CT molecular complexity index is 297. The second-order valence-corrected chi connectivity index (χ2v) is 2.68. The molecule has 0 fully saturated rings. The van der Waals surface area contributed by atoms with Crippen molar-refractivity contribution in [1.82, 2.24) is 0 Å². The van der Waals surface area contributed by atoms with E-state index in [9.17, 15) is 4.79 Å². The highest BCUT2D eigenvalue weighted by atomic mass is 16.5. The molecule has 2 N–H and O–H groups in total. The molecule has 0 saturated carbocycles. The molecule has 70 valence electrons. The summed E-state index contributed by atoms with van der Waals surface area (Å²) in [6.45, 7) is 1.96. The quantitative estimate of drug-likeness (QED) is 0.558. The molecule has 0 aliphatic heterocycles. The Balaban J connectivity index is 2.71. The van der Waals surface area contributed by atoms with Gasteiger partial charge in [-0.3, -0.25) is 4.79 Å². The van der Waals surface area contributed by atoms with Gasteiger partial charge in [-0.15, -0.1) is 0 Å². The molecule has 3 nitrogen and oxygen atoms in total. The van der Waals surface area contributed by atoms with Gasteiger partial charge in [0.05, 0.1) is 6.54 Å². The summed E-state index contributed by atoms with van der Waals surface area (Å²) in [6.07, 6.45) is 0.925. The van der Waals surface area contributed by atoms with Gasteiger partial charge in [-0.05, 0) is 24.1 Å². The monoisotopic (exact) mass is 179 g/mol. The van der Waals surface area contributed by atoms with Crippen LogP contribution in [0.3, 0.4) is 0 Å². The van der Waals surface area contributed by atoms with Crippen LogP contribution in [0, 0.1) is 0 Å². The lowest BCUT2D eigenvalue weighted by atomic mass is 10.2. The van der Waals surface area contributed by atoms with Crippen LogP contribution in [0.2, 0.25) is 0 Å². The molecule has 0 aliphatic carbocycles. The molecule has 0 aliphatic rings. The number of esters is 1. The minimum absolute atomic E-state index is 0.0870. The van der Waals surface area contributed by atoms with Crippen LogP contribution < -0.4 is 10.5 Å². The number of aryl methyl sites for hydroxylation is 1. The molecule has 0 bridgehead atoms. The Morgan fingerprint density at radius 2 is 2.31 bits per heavy atom. The van der Waals surface area contributed by atoms with E-state index in [1.807, 2.05) is 25.1 Å². The largest absolute Gasteiger partial charge is 0.426 e. The fourth-order valence-corrected chi connectivity index (χ4v) is 1.00. The van der Waals surface area contributed by atoms with E-state index in [0.29, 0.717) is 5.75 Å². The van der Waals surface area contributed by atoms with Crippen molar-refractivity contribution in [3.63, 3.8) is 0 Å². The van der Waals surface area contributed by atoms with Gasteiger partial charge in [0, 0.05) is 0 Å². The highest BCUT2D eigenvalue weighted by Gasteiger charge is 2.01. The summed E-state index contributed by atoms with van der Waals surface area (Å²) in [6, 6.07) is 7.43. The molecule has 0 aromatic heterocycles. The first kappa shape index (κ1) is 9.74. The van der Waals surface area contributed by atoms with E-state index in [2.05, 4.69) is 0 Å². The molecule has 13 heavy (non-hydrogen) atoms. The van der Waals surface area contributed by atoms with Gasteiger partial charge in [-0.1, -0.05) is 19.1 Å². The summed E-state index contributed by atoms with van der Waals surface area (Å²) in [7, 11) is 0. The lowest BCUT2D eigenvalue weighted by Gasteiger charge is -2.03. The van der Waals surface area contributed by atoms with Crippen LogP contribution in [0.1, 0.15) is 12.5 Å². The van der Waals surface area contributed by atoms with Crippen molar-refractivity contribution in [2.45, 2.75) is 13.3 Å². The number of ether oxygens (including phenoxy) is 1. The molecular formula is C10H13NO2. The fourth-order valence-electron chi connectivity index (χ4n) is 1.00. The van der Waals surface area contributed by atoms with Crippen LogP contribution in [0.25, 0.3) is 0 Å². The van der Waals surface area contributed by atoms with Gasteiger partial charge in [0.25, 0.3) is 0 Å². The summed E-state index contributed by atoms with van der Waals surface area (Å²) in [5.41, 5.74) is 6.26. The molecule has 1 rings (SSSR count). The minimum atomic E-state index is -0.409. The first-order valence-corrected chi connectivity index (χ1v) is 4.26. The van der Waals surface area contributed by atoms with Gasteiger partial charge in [0.2, 0.25) is 0 Å². The third-order valence-corrected chi connectivity index (χ3v) is 1.71. The Hall–Kier alpha value is -1.35. The van der Waals surface area contributed by atoms with Crippen LogP contribution in [-0.2, 0) is 11.2 Å². The molecule has 1 aromatic rings. The third-order valence-electron chi connectivity index (χ3n) is 1.71. The second kappa shape index (κ2) is 4.62. The van der Waals surface area contributed by atoms with Crippen molar-refractivity contribution < 1.29 is 9.53 Å². The van der Waals surface area contributed by atoms with Gasteiger partial charge < -0.3 is 10.5 Å². The average Bonchev–Trinajstić information content (AvgIpc) is 2.18. The van der Waals surface area contributed by atoms with Gasteiger partial charge in [0.15, 0.2) is 0 Å². The topological polar surface area (TPSA) is 52.3 Å². The lowest BCUT2D eigenvalue weighted by molar-refractivity contribution is -0.132. The predicted octanol–water partition coefficient (Wildman–Crippen LogP) is 1.11. The van der Waals surface area contributed by atoms with E-state index >= 15 is 0 Å². The first-order chi connectivity index (χ1) is 6.26. The van der Waals surface area contributed by atoms with Crippen molar-refractivity contribution in [1.29, 1.82) is 0 Å². The van der Waals surface area contributed by atoms with Gasteiger partial charge in [-0.2, -0.15) is 0 Å². The number of carbonyl (C=O) groups excluding carboxylic acids is 1. The van der Waals surface area contributed by atoms with Crippen LogP contribution in [0.4, 0.5) is 0 Å². The number of rotatable bonds is 3. The highest BCUT2D eigenvalue weighted by Crippen LogP contribution is 2.13. The van der Waals surface area contributed by atoms with Gasteiger partial charge in [-0.25, -0.2) is 0 Å². The van der Waals surface area contributed by atoms with E-state index in [1.54, 1.807) is 6.07 Å². The van der Waals surface area contributed by atoms with Crippen molar-refractivity contribution >= 4 is 5.97 Å². The number of nitrogens with two attached hydrogens (primary N) is 1. The van der Waals surface area contributed by atoms with E-state index in [0.717, 1.165) is 12.0 Å². The van der Waals surface area contributed by atoms with Gasteiger partial charge >= 0.3 is 5.97 Å². The van der Waals surface area contributed by atoms with Crippen LogP contribution in [0.15, 0.2) is 24.3 Å². The first-order valence-electron chi connectivity index (χ1n) is 4.26. The fraction of sp³-hybridized carbons (Fsp3) is 0.300. The van der Waals surface area contributed by atoms with E-state index in [1.165, 1.54) is 0 Å². The van der Waals surface area contributed by atoms with Crippen molar-refractivity contribution in [2.75, 3.05) is 6.54 Å². The molecule has 0 saturated heterocycles. The van der Waals surface area contributed by atoms with Crippen LogP contribution >= 0.6 is 0 Å². The van der Waals surface area contributed by atoms with Crippen molar-refractivity contribution in [3.8, 4) is 5.75 Å². The summed E-state index contributed by atoms with van der Waals surface area (Å²) in [4.78, 5) is 10.8. The zero-order valence-electron chi connectivity index (χ0n) is 7.62. The number of benzene rings is 1. The Kier molecular flexibility index (Phi) is 3.46. The Labute approximate surface area is 77.5 Å². The summed E-state index contributed by atoms with van der Waals surface area (Å²) >= 11 is 0. The molecule has 0 radical (unpaired) electrons. The highest BCUT2D eigenvalue weighted by molar-refractivity contribution is 5.74. The molecule has 0 spiro atoms. The number of hydrogen-bond acceptors (Lipinski definition) is 3. The maximum Gasteiger partial charge on any atom is 0.325 e. The zero-order valence-corrected chi connectivity index (χ0v) is 7.62. The Morgan fingerprint density at radius 3 is 2.92 bits per heavy atom. The normalized spacial score (nSPS) is 9.69. The molecule has 0 amide bonds. The SMILES string of the molecule is CCc1cccc(OC(=O)CN)c1. The maximum atomic E-state index is 10.8. The van der Waals surface area contributed by atoms with E-state index in [4.69, 9.17) is 10.5 Å². The summed E-state index contributed by atoms with van der Waals surface area (Å²) < 4.78 is 4.94. The molecule has 3 heteroatoms. The zero-order chi connectivity index (χ0) is 9.68. The molecule has 0 unspecified atom stereocenters. The molecule has 0 heterocycles. The van der Waals surface area contributed by atoms with Crippen LogP contribution in [0.5, 0.6) is 5.75 Å². The molecule has 0 atom stereocenters. The Morgan fingerprint density at radius 1 is 1.54 bits per heavy atom. The number of carbonyl (C=O) groups is 1. The second-order valence-electron chi connectivity index (χ2n) is 2.68. The van der Waals surface area contributed by atoms with Crippen LogP contribution in [-0.4, -0.2) is 12.5 Å². The number of hydrogen-bond donors (Lipinski definition) is 1. The van der Waals surface area contributed by atoms with E-state index in [-0.39, 0.29) is 6.54 Å². The van der Waals surface area contributed by atoms with Crippen molar-refractivity contribution in [3.05, 3.63) is 29.8 Å². The predicted molar refractivity (Wildman–Crippen MR) is 50.5 cm³/mol.